The molecule has 1 aliphatic rings. The monoisotopic (exact) mass is 259 g/mol. The fraction of sp³-hybridized carbons (Fsp3) is 0.214. The third kappa shape index (κ3) is 2.14. The molecule has 0 unspecified atom stereocenters. The Bertz CT molecular complexity index is 616. The van der Waals surface area contributed by atoms with E-state index >= 15 is 0 Å². The van der Waals surface area contributed by atoms with Crippen LogP contribution in [-0.4, -0.2) is 28.7 Å². The van der Waals surface area contributed by atoms with E-state index in [-0.39, 0.29) is 22.8 Å². The third-order valence-electron chi connectivity index (χ3n) is 3.09. The Morgan fingerprint density at radius 2 is 1.68 bits per heavy atom. The lowest BCUT2D eigenvalue weighted by molar-refractivity contribution is -0.138. The molecule has 0 saturated carbocycles. The molecule has 5 nitrogen and oxygen atoms in total. The number of hydrogen-bond donors (Lipinski definition) is 2. The van der Waals surface area contributed by atoms with Crippen LogP contribution < -0.4 is 5.32 Å². The first-order valence-corrected chi connectivity index (χ1v) is 5.82. The summed E-state index contributed by atoms with van der Waals surface area (Å²) in [6, 6.07) is 5.58. The van der Waals surface area contributed by atoms with Crippen molar-refractivity contribution in [2.45, 2.75) is 19.9 Å². The molecule has 5 heteroatoms. The molecule has 0 spiro atoms. The molecule has 0 bridgehead atoms. The van der Waals surface area contributed by atoms with Gasteiger partial charge in [-0.05, 0) is 13.8 Å². The number of fused-ring (bicyclic) bond motifs is 1. The number of carboxylic acid groups (broad SMARTS) is 1. The third-order valence-corrected chi connectivity index (χ3v) is 3.09. The van der Waals surface area contributed by atoms with Crippen LogP contribution in [0, 0.1) is 0 Å². The van der Waals surface area contributed by atoms with E-state index in [9.17, 15) is 14.4 Å². The van der Waals surface area contributed by atoms with Crippen LogP contribution in [0.15, 0.2) is 35.5 Å². The topological polar surface area (TPSA) is 83.5 Å². The average molecular weight is 259 g/mol. The maximum atomic E-state index is 12.3. The number of allylic oxidation sites excluding steroid dienone is 2. The highest BCUT2D eigenvalue weighted by Crippen LogP contribution is 2.24. The second-order valence-electron chi connectivity index (χ2n) is 4.41. The Kier molecular flexibility index (Phi) is 3.21. The van der Waals surface area contributed by atoms with Gasteiger partial charge in [0.05, 0.1) is 5.70 Å². The smallest absolute Gasteiger partial charge is 0.325 e. The first-order chi connectivity index (χ1) is 8.93. The number of Topliss-reactive ketones (excluding diaryl/α,β-unsaturated/α-hetero) is 2. The summed E-state index contributed by atoms with van der Waals surface area (Å²) in [4.78, 5) is 35.2. The second kappa shape index (κ2) is 4.68. The van der Waals surface area contributed by atoms with Gasteiger partial charge in [-0.2, -0.15) is 0 Å². The molecule has 98 valence electrons. The zero-order valence-electron chi connectivity index (χ0n) is 10.6. The lowest BCUT2D eigenvalue weighted by Crippen LogP contribution is -2.38. The van der Waals surface area contributed by atoms with Crippen LogP contribution in [0.4, 0.5) is 0 Å². The number of rotatable bonds is 3. The molecular formula is C14H13NO4. The molecule has 1 atom stereocenters. The molecule has 1 aliphatic carbocycles. The minimum absolute atomic E-state index is 0.0681. The van der Waals surface area contributed by atoms with Crippen LogP contribution in [0.3, 0.4) is 0 Å². The maximum Gasteiger partial charge on any atom is 0.325 e. The number of aliphatic carboxylic acids is 1. The van der Waals surface area contributed by atoms with Crippen molar-refractivity contribution in [3.05, 3.63) is 46.7 Å². The highest BCUT2D eigenvalue weighted by Gasteiger charge is 2.31. The highest BCUT2D eigenvalue weighted by atomic mass is 16.4. The van der Waals surface area contributed by atoms with Gasteiger partial charge in [-0.15, -0.1) is 0 Å². The number of benzene rings is 1. The number of nitrogens with one attached hydrogen (secondary N) is 1. The van der Waals surface area contributed by atoms with Crippen molar-refractivity contribution in [1.29, 1.82) is 0 Å². The summed E-state index contributed by atoms with van der Waals surface area (Å²) in [7, 11) is 0. The lowest BCUT2D eigenvalue weighted by atomic mass is 9.87. The molecule has 1 aromatic rings. The Hall–Kier alpha value is -2.43. The summed E-state index contributed by atoms with van der Waals surface area (Å²) < 4.78 is 0. The van der Waals surface area contributed by atoms with Gasteiger partial charge in [0.25, 0.3) is 0 Å². The fourth-order valence-corrected chi connectivity index (χ4v) is 1.95. The predicted octanol–water partition coefficient (Wildman–Crippen LogP) is 1.40. The van der Waals surface area contributed by atoms with Gasteiger partial charge in [0.1, 0.15) is 6.04 Å². The fourth-order valence-electron chi connectivity index (χ4n) is 1.95. The Morgan fingerprint density at radius 3 is 2.21 bits per heavy atom. The molecule has 2 rings (SSSR count). The van der Waals surface area contributed by atoms with Crippen LogP contribution in [-0.2, 0) is 4.79 Å². The number of carboxylic acids is 1. The van der Waals surface area contributed by atoms with E-state index in [1.54, 1.807) is 24.3 Å². The summed E-state index contributed by atoms with van der Waals surface area (Å²) >= 11 is 0. The molecule has 2 N–H and O–H groups in total. The average Bonchev–Trinajstić information content (AvgIpc) is 2.40. The van der Waals surface area contributed by atoms with E-state index in [1.807, 2.05) is 0 Å². The minimum atomic E-state index is -1.08. The summed E-state index contributed by atoms with van der Waals surface area (Å²) in [6.45, 7) is 2.94. The van der Waals surface area contributed by atoms with E-state index in [0.29, 0.717) is 11.1 Å². The van der Waals surface area contributed by atoms with Gasteiger partial charge < -0.3 is 10.4 Å². The van der Waals surface area contributed by atoms with Crippen molar-refractivity contribution in [3.8, 4) is 0 Å². The number of hydrogen-bond acceptors (Lipinski definition) is 4. The molecule has 0 amide bonds. The van der Waals surface area contributed by atoms with Crippen molar-refractivity contribution in [2.24, 2.45) is 0 Å². The highest BCUT2D eigenvalue weighted by molar-refractivity contribution is 6.26. The van der Waals surface area contributed by atoms with E-state index in [2.05, 4.69) is 5.32 Å². The van der Waals surface area contributed by atoms with Crippen molar-refractivity contribution >= 4 is 17.5 Å². The van der Waals surface area contributed by atoms with Crippen molar-refractivity contribution in [2.75, 3.05) is 0 Å². The summed E-state index contributed by atoms with van der Waals surface area (Å²) in [6.07, 6.45) is 0. The number of ketones is 2. The number of carbonyl (C=O) groups is 3. The van der Waals surface area contributed by atoms with Crippen LogP contribution in [0.5, 0.6) is 0 Å². The van der Waals surface area contributed by atoms with Crippen LogP contribution in [0.2, 0.25) is 0 Å². The Morgan fingerprint density at radius 1 is 1.16 bits per heavy atom. The van der Waals surface area contributed by atoms with E-state index in [4.69, 9.17) is 5.11 Å². The van der Waals surface area contributed by atoms with E-state index in [0.717, 1.165) is 0 Å². The first kappa shape index (κ1) is 13.0. The molecule has 1 aromatic carbocycles. The molecule has 0 aromatic heterocycles. The van der Waals surface area contributed by atoms with Crippen LogP contribution in [0.25, 0.3) is 0 Å². The van der Waals surface area contributed by atoms with E-state index in [1.165, 1.54) is 13.8 Å². The lowest BCUT2D eigenvalue weighted by Gasteiger charge is -2.21. The van der Waals surface area contributed by atoms with Crippen LogP contribution >= 0.6 is 0 Å². The van der Waals surface area contributed by atoms with Gasteiger partial charge in [0, 0.05) is 16.7 Å². The molecule has 0 heterocycles. The van der Waals surface area contributed by atoms with Gasteiger partial charge in [0.2, 0.25) is 5.78 Å². The SMILES string of the molecule is CC1=C(N[C@@H](C)C(=O)O)C(=O)c2ccccc2C1=O. The second-order valence-corrected chi connectivity index (χ2v) is 4.41. The molecule has 0 radical (unpaired) electrons. The minimum Gasteiger partial charge on any atom is -0.480 e. The van der Waals surface area contributed by atoms with Crippen molar-refractivity contribution < 1.29 is 19.5 Å². The van der Waals surface area contributed by atoms with Gasteiger partial charge in [-0.1, -0.05) is 24.3 Å². The quantitative estimate of drug-likeness (QED) is 0.857. The molecular weight excluding hydrogens is 246 g/mol. The summed E-state index contributed by atoms with van der Waals surface area (Å²) in [5, 5.41) is 11.5. The summed E-state index contributed by atoms with van der Waals surface area (Å²) in [5.74, 6) is -1.68. The maximum absolute atomic E-state index is 12.3. The molecule has 19 heavy (non-hydrogen) atoms. The van der Waals surface area contributed by atoms with Crippen LogP contribution in [0.1, 0.15) is 34.6 Å². The van der Waals surface area contributed by atoms with Gasteiger partial charge in [-0.25, -0.2) is 0 Å². The van der Waals surface area contributed by atoms with E-state index < -0.39 is 12.0 Å². The normalized spacial score (nSPS) is 16.1. The van der Waals surface area contributed by atoms with Gasteiger partial charge in [0.15, 0.2) is 5.78 Å². The first-order valence-electron chi connectivity index (χ1n) is 5.82. The predicted molar refractivity (Wildman–Crippen MR) is 68.0 cm³/mol. The van der Waals surface area contributed by atoms with Crippen molar-refractivity contribution in [1.82, 2.24) is 5.32 Å². The zero-order chi connectivity index (χ0) is 14.2. The van der Waals surface area contributed by atoms with Gasteiger partial charge in [-0.3, -0.25) is 14.4 Å². The number of carbonyl (C=O) groups excluding carboxylic acids is 2. The molecule has 0 saturated heterocycles. The molecule has 0 aliphatic heterocycles. The zero-order valence-corrected chi connectivity index (χ0v) is 10.6. The Balaban J connectivity index is 2.46. The van der Waals surface area contributed by atoms with Crippen molar-refractivity contribution in [3.63, 3.8) is 0 Å². The largest absolute Gasteiger partial charge is 0.480 e. The Labute approximate surface area is 109 Å². The summed E-state index contributed by atoms with van der Waals surface area (Å²) in [5.41, 5.74) is 0.979. The molecule has 0 fully saturated rings. The standard InChI is InChI=1S/C14H13NO4/c1-7-11(15-8(2)14(18)19)13(17)10-6-4-3-5-9(10)12(7)16/h3-6,8,15H,1-2H3,(H,18,19)/t8-/m0/s1. The van der Waals surface area contributed by atoms with Gasteiger partial charge >= 0.3 is 5.97 Å².